The van der Waals surface area contributed by atoms with Crippen molar-refractivity contribution in [1.29, 1.82) is 0 Å². The Morgan fingerprint density at radius 1 is 1.20 bits per heavy atom. The van der Waals surface area contributed by atoms with Crippen molar-refractivity contribution >= 4 is 37.7 Å². The topological polar surface area (TPSA) is 48.9 Å². The van der Waals surface area contributed by atoms with Crippen LogP contribution in [0.4, 0.5) is 0 Å². The molecule has 0 amide bonds. The van der Waals surface area contributed by atoms with E-state index in [0.717, 1.165) is 26.3 Å². The van der Waals surface area contributed by atoms with Crippen LogP contribution >= 0.6 is 15.9 Å². The number of aromatic hydroxyl groups is 1. The molecule has 0 saturated heterocycles. The number of hydrogen-bond acceptors (Lipinski definition) is 2. The number of nitrogens with zero attached hydrogens (tertiary/aromatic N) is 1. The normalized spacial score (nSPS) is 11.3. The first-order valence-corrected chi connectivity index (χ1v) is 5.30. The summed E-state index contributed by atoms with van der Waals surface area (Å²) in [6, 6.07) is 9.84. The van der Waals surface area contributed by atoms with Gasteiger partial charge in [0.15, 0.2) is 0 Å². The highest BCUT2D eigenvalue weighted by atomic mass is 79.9. The third kappa shape index (κ3) is 1.29. The van der Waals surface area contributed by atoms with Crippen molar-refractivity contribution in [3.8, 4) is 6.01 Å². The second kappa shape index (κ2) is 2.97. The summed E-state index contributed by atoms with van der Waals surface area (Å²) >= 11 is 3.43. The van der Waals surface area contributed by atoms with Crippen molar-refractivity contribution in [3.63, 3.8) is 0 Å². The van der Waals surface area contributed by atoms with Gasteiger partial charge in [0, 0.05) is 9.86 Å². The molecular weight excluding hydrogens is 256 g/mol. The Hall–Kier alpha value is -1.55. The lowest BCUT2D eigenvalue weighted by Crippen LogP contribution is -1.76. The predicted octanol–water partition coefficient (Wildman–Crippen LogP) is 3.18. The summed E-state index contributed by atoms with van der Waals surface area (Å²) < 4.78 is 1.04. The van der Waals surface area contributed by atoms with E-state index in [2.05, 4.69) is 25.9 Å². The molecule has 0 fully saturated rings. The molecule has 0 saturated carbocycles. The number of H-pyrrole nitrogens is 1. The van der Waals surface area contributed by atoms with E-state index in [9.17, 15) is 5.11 Å². The second-order valence-corrected chi connectivity index (χ2v) is 4.30. The standard InChI is InChI=1S/C11H7BrN2O/c12-7-2-3-8-6(5-7)1-4-9-10(8)14-11(15)13-9/h1-5H,(H2,13,14,15). The predicted molar refractivity (Wildman–Crippen MR) is 63.0 cm³/mol. The van der Waals surface area contributed by atoms with Crippen molar-refractivity contribution < 1.29 is 5.11 Å². The van der Waals surface area contributed by atoms with Crippen LogP contribution in [0.2, 0.25) is 0 Å². The van der Waals surface area contributed by atoms with Crippen molar-refractivity contribution in [2.45, 2.75) is 0 Å². The molecule has 3 nitrogen and oxygen atoms in total. The van der Waals surface area contributed by atoms with Crippen LogP contribution in [0.25, 0.3) is 21.8 Å². The summed E-state index contributed by atoms with van der Waals surface area (Å²) in [6.45, 7) is 0. The first-order chi connectivity index (χ1) is 7.24. The largest absolute Gasteiger partial charge is 0.480 e. The minimum Gasteiger partial charge on any atom is -0.480 e. The molecule has 3 aromatic rings. The molecule has 1 heterocycles. The van der Waals surface area contributed by atoms with Crippen LogP contribution in [0.5, 0.6) is 6.01 Å². The van der Waals surface area contributed by atoms with Gasteiger partial charge in [0.25, 0.3) is 6.01 Å². The third-order valence-corrected chi connectivity index (χ3v) is 2.92. The van der Waals surface area contributed by atoms with E-state index < -0.39 is 0 Å². The van der Waals surface area contributed by atoms with Crippen molar-refractivity contribution in [1.82, 2.24) is 9.97 Å². The molecule has 4 heteroatoms. The Bertz CT molecular complexity index is 660. The number of aromatic nitrogens is 2. The number of benzene rings is 2. The second-order valence-electron chi connectivity index (χ2n) is 3.39. The van der Waals surface area contributed by atoms with Gasteiger partial charge >= 0.3 is 0 Å². The smallest absolute Gasteiger partial charge is 0.292 e. The fourth-order valence-corrected chi connectivity index (χ4v) is 2.15. The summed E-state index contributed by atoms with van der Waals surface area (Å²) in [4.78, 5) is 6.82. The molecule has 0 aliphatic rings. The van der Waals surface area contributed by atoms with Crippen LogP contribution in [0.1, 0.15) is 0 Å². The highest BCUT2D eigenvalue weighted by Gasteiger charge is 2.05. The molecule has 0 spiro atoms. The molecule has 0 aliphatic heterocycles. The molecule has 0 atom stereocenters. The Morgan fingerprint density at radius 2 is 2.07 bits per heavy atom. The molecule has 74 valence electrons. The Balaban J connectivity index is 2.53. The zero-order valence-corrected chi connectivity index (χ0v) is 9.25. The number of hydrogen-bond donors (Lipinski definition) is 2. The zero-order chi connectivity index (χ0) is 10.4. The van der Waals surface area contributed by atoms with E-state index in [1.165, 1.54) is 0 Å². The van der Waals surface area contributed by atoms with Crippen LogP contribution in [-0.2, 0) is 0 Å². The van der Waals surface area contributed by atoms with Crippen molar-refractivity contribution in [2.75, 3.05) is 0 Å². The summed E-state index contributed by atoms with van der Waals surface area (Å²) in [7, 11) is 0. The summed E-state index contributed by atoms with van der Waals surface area (Å²) in [5.74, 6) is 0. The van der Waals surface area contributed by atoms with E-state index in [1.807, 2.05) is 30.3 Å². The minimum atomic E-state index is -0.0413. The molecule has 0 radical (unpaired) electrons. The average Bonchev–Trinajstić information content (AvgIpc) is 2.58. The maximum atomic E-state index is 9.29. The molecule has 2 aromatic carbocycles. The van der Waals surface area contributed by atoms with Gasteiger partial charge in [0.2, 0.25) is 0 Å². The zero-order valence-electron chi connectivity index (χ0n) is 7.66. The van der Waals surface area contributed by atoms with Crippen molar-refractivity contribution in [2.24, 2.45) is 0 Å². The van der Waals surface area contributed by atoms with Crippen LogP contribution in [-0.4, -0.2) is 15.1 Å². The van der Waals surface area contributed by atoms with E-state index >= 15 is 0 Å². The number of halogens is 1. The number of nitrogens with one attached hydrogen (secondary N) is 1. The fraction of sp³-hybridized carbons (Fsp3) is 0. The van der Waals surface area contributed by atoms with E-state index in [0.29, 0.717) is 0 Å². The molecular formula is C11H7BrN2O. The SMILES string of the molecule is Oc1nc2ccc3cc(Br)ccc3c2[nH]1. The monoisotopic (exact) mass is 262 g/mol. The first-order valence-electron chi connectivity index (χ1n) is 4.51. The lowest BCUT2D eigenvalue weighted by Gasteiger charge is -1.98. The van der Waals surface area contributed by atoms with Crippen LogP contribution in [0.15, 0.2) is 34.8 Å². The van der Waals surface area contributed by atoms with Gasteiger partial charge in [-0.3, -0.25) is 0 Å². The molecule has 1 aromatic heterocycles. The summed E-state index contributed by atoms with van der Waals surface area (Å²) in [6.07, 6.45) is 0. The number of aromatic amines is 1. The van der Waals surface area contributed by atoms with Gasteiger partial charge in [-0.1, -0.05) is 28.1 Å². The van der Waals surface area contributed by atoms with Gasteiger partial charge in [0.1, 0.15) is 0 Å². The van der Waals surface area contributed by atoms with Crippen LogP contribution in [0, 0.1) is 0 Å². The molecule has 15 heavy (non-hydrogen) atoms. The third-order valence-electron chi connectivity index (χ3n) is 2.42. The minimum absolute atomic E-state index is 0.0413. The van der Waals surface area contributed by atoms with E-state index in [4.69, 9.17) is 0 Å². The van der Waals surface area contributed by atoms with Gasteiger partial charge in [0.05, 0.1) is 11.0 Å². The van der Waals surface area contributed by atoms with Gasteiger partial charge in [-0.15, -0.1) is 0 Å². The maximum Gasteiger partial charge on any atom is 0.292 e. The van der Waals surface area contributed by atoms with Gasteiger partial charge in [-0.25, -0.2) is 0 Å². The Kier molecular flexibility index (Phi) is 1.73. The quantitative estimate of drug-likeness (QED) is 0.654. The highest BCUT2D eigenvalue weighted by Crippen LogP contribution is 2.27. The lowest BCUT2D eigenvalue weighted by molar-refractivity contribution is 0.438. The molecule has 0 unspecified atom stereocenters. The highest BCUT2D eigenvalue weighted by molar-refractivity contribution is 9.10. The average molecular weight is 263 g/mol. The Labute approximate surface area is 93.9 Å². The molecule has 0 aliphatic carbocycles. The molecule has 3 rings (SSSR count). The Morgan fingerprint density at radius 3 is 2.93 bits per heavy atom. The lowest BCUT2D eigenvalue weighted by atomic mass is 10.1. The molecule has 2 N–H and O–H groups in total. The van der Waals surface area contributed by atoms with Gasteiger partial charge < -0.3 is 10.1 Å². The van der Waals surface area contributed by atoms with Crippen LogP contribution in [0.3, 0.4) is 0 Å². The first kappa shape index (κ1) is 8.73. The van der Waals surface area contributed by atoms with E-state index in [-0.39, 0.29) is 6.01 Å². The van der Waals surface area contributed by atoms with Gasteiger partial charge in [-0.2, -0.15) is 4.98 Å². The number of imidazole rings is 1. The fourth-order valence-electron chi connectivity index (χ4n) is 1.77. The van der Waals surface area contributed by atoms with Crippen molar-refractivity contribution in [3.05, 3.63) is 34.8 Å². The number of rotatable bonds is 0. The van der Waals surface area contributed by atoms with E-state index in [1.54, 1.807) is 0 Å². The maximum absolute atomic E-state index is 9.29. The number of fused-ring (bicyclic) bond motifs is 3. The summed E-state index contributed by atoms with van der Waals surface area (Å²) in [5, 5.41) is 11.5. The van der Waals surface area contributed by atoms with Crippen LogP contribution < -0.4 is 0 Å². The summed E-state index contributed by atoms with van der Waals surface area (Å²) in [5.41, 5.74) is 1.65. The van der Waals surface area contributed by atoms with Gasteiger partial charge in [-0.05, 0) is 23.6 Å². The molecule has 0 bridgehead atoms.